The molecule has 0 spiro atoms. The molecular weight excluding hydrogens is 396 g/mol. The van der Waals surface area contributed by atoms with Gasteiger partial charge in [-0.2, -0.15) is 0 Å². The van der Waals surface area contributed by atoms with E-state index >= 15 is 0 Å². The number of hydrogen-bond donors (Lipinski definition) is 2. The van der Waals surface area contributed by atoms with Gasteiger partial charge in [0.1, 0.15) is 11.6 Å². The molecule has 3 aromatic rings. The molecule has 1 aliphatic rings. The topological polar surface area (TPSA) is 62.8 Å². The van der Waals surface area contributed by atoms with Gasteiger partial charge in [-0.3, -0.25) is 0 Å². The molecule has 170 valence electrons. The Bertz CT molecular complexity index is 1060. The molecule has 2 heterocycles. The summed E-state index contributed by atoms with van der Waals surface area (Å²) in [6, 6.07) is 8.75. The van der Waals surface area contributed by atoms with Crippen LogP contribution >= 0.6 is 0 Å². The summed E-state index contributed by atoms with van der Waals surface area (Å²) in [4.78, 5) is 12.8. The maximum absolute atomic E-state index is 6.27. The van der Waals surface area contributed by atoms with Gasteiger partial charge in [0, 0.05) is 29.6 Å². The van der Waals surface area contributed by atoms with Crippen LogP contribution in [0, 0.1) is 5.92 Å². The van der Waals surface area contributed by atoms with E-state index in [-0.39, 0.29) is 0 Å². The minimum atomic E-state index is 0.334. The highest BCUT2D eigenvalue weighted by atomic mass is 16.5. The molecule has 0 amide bonds. The highest BCUT2D eigenvalue weighted by Gasteiger charge is 2.16. The number of aromatic nitrogens is 3. The first-order valence-corrected chi connectivity index (χ1v) is 12.1. The molecule has 2 N–H and O–H groups in total. The van der Waals surface area contributed by atoms with Crippen molar-refractivity contribution in [3.05, 3.63) is 42.6 Å². The molecule has 5 nitrogen and oxygen atoms in total. The van der Waals surface area contributed by atoms with Crippen LogP contribution in [0.4, 0.5) is 5.69 Å². The third-order valence-electron chi connectivity index (χ3n) is 6.14. The second-order valence-corrected chi connectivity index (χ2v) is 9.39. The van der Waals surface area contributed by atoms with Crippen LogP contribution in [0.3, 0.4) is 0 Å². The van der Waals surface area contributed by atoms with Gasteiger partial charge in [-0.05, 0) is 68.4 Å². The molecule has 0 radical (unpaired) electrons. The molecule has 1 saturated carbocycles. The Balaban J connectivity index is 1.61. The number of anilines is 1. The summed E-state index contributed by atoms with van der Waals surface area (Å²) in [5, 5.41) is 3.52. The lowest BCUT2D eigenvalue weighted by Gasteiger charge is -2.22. The first kappa shape index (κ1) is 22.4. The number of benzene rings is 1. The fourth-order valence-electron chi connectivity index (χ4n) is 4.48. The summed E-state index contributed by atoms with van der Waals surface area (Å²) in [7, 11) is 0. The van der Waals surface area contributed by atoms with Gasteiger partial charge in [0.05, 0.1) is 12.1 Å². The Morgan fingerprint density at radius 2 is 2.00 bits per heavy atom. The standard InChI is InChI=1S/C27H36N4O/c1-5-9-19(4)22-14-25-27(28-16-22)31-26(30-25)21-12-23(29-18(2)3)15-24(13-21)32-17-20-10-7-6-8-11-20/h12-16,18,20,29H,4-11,17H2,1-3H3,(H,28,30,31). The zero-order valence-electron chi connectivity index (χ0n) is 19.7. The van der Waals surface area contributed by atoms with E-state index in [4.69, 9.17) is 9.72 Å². The average Bonchev–Trinajstić information content (AvgIpc) is 3.21. The van der Waals surface area contributed by atoms with Crippen molar-refractivity contribution in [1.29, 1.82) is 0 Å². The Morgan fingerprint density at radius 3 is 2.75 bits per heavy atom. The van der Waals surface area contributed by atoms with Gasteiger partial charge in [-0.1, -0.05) is 39.2 Å². The summed E-state index contributed by atoms with van der Waals surface area (Å²) >= 11 is 0. The molecule has 1 aromatic carbocycles. The van der Waals surface area contributed by atoms with Gasteiger partial charge in [0.25, 0.3) is 0 Å². The monoisotopic (exact) mass is 432 g/mol. The van der Waals surface area contributed by atoms with Crippen molar-refractivity contribution in [2.75, 3.05) is 11.9 Å². The van der Waals surface area contributed by atoms with E-state index in [0.29, 0.717) is 12.0 Å². The lowest BCUT2D eigenvalue weighted by Crippen LogP contribution is -2.15. The molecule has 4 rings (SSSR count). The Morgan fingerprint density at radius 1 is 1.19 bits per heavy atom. The van der Waals surface area contributed by atoms with Crippen molar-refractivity contribution in [3.8, 4) is 17.1 Å². The number of aromatic amines is 1. The Labute approximate surface area is 191 Å². The highest BCUT2D eigenvalue weighted by molar-refractivity contribution is 5.80. The van der Waals surface area contributed by atoms with E-state index in [1.165, 1.54) is 32.1 Å². The van der Waals surface area contributed by atoms with Crippen LogP contribution < -0.4 is 10.1 Å². The van der Waals surface area contributed by atoms with Crippen molar-refractivity contribution < 1.29 is 4.74 Å². The number of pyridine rings is 1. The number of nitrogens with one attached hydrogen (secondary N) is 2. The summed E-state index contributed by atoms with van der Waals surface area (Å²) in [6.45, 7) is 11.4. The molecule has 5 heteroatoms. The van der Waals surface area contributed by atoms with Crippen LogP contribution in [-0.4, -0.2) is 27.6 Å². The van der Waals surface area contributed by atoms with E-state index in [9.17, 15) is 0 Å². The zero-order valence-corrected chi connectivity index (χ0v) is 19.7. The maximum atomic E-state index is 6.27. The molecule has 1 fully saturated rings. The quantitative estimate of drug-likeness (QED) is 0.375. The van der Waals surface area contributed by atoms with Crippen LogP contribution in [0.2, 0.25) is 0 Å². The predicted octanol–water partition coefficient (Wildman–Crippen LogP) is 7.22. The van der Waals surface area contributed by atoms with Crippen molar-refractivity contribution in [3.63, 3.8) is 0 Å². The Hall–Kier alpha value is -2.82. The van der Waals surface area contributed by atoms with Crippen LogP contribution in [0.25, 0.3) is 28.1 Å². The summed E-state index contributed by atoms with van der Waals surface area (Å²) < 4.78 is 6.27. The van der Waals surface area contributed by atoms with Crippen LogP contribution in [0.15, 0.2) is 37.0 Å². The SMILES string of the molecule is C=C(CCC)c1cnc2nc(-c3cc(NC(C)C)cc(OCC4CCCCC4)c3)[nH]c2c1. The summed E-state index contributed by atoms with van der Waals surface area (Å²) in [5.41, 5.74) is 5.88. The molecule has 32 heavy (non-hydrogen) atoms. The van der Waals surface area contributed by atoms with Crippen molar-refractivity contribution in [2.24, 2.45) is 5.92 Å². The Kier molecular flexibility index (Phi) is 7.13. The molecule has 0 atom stereocenters. The first-order chi connectivity index (χ1) is 15.5. The second kappa shape index (κ2) is 10.2. The molecule has 0 unspecified atom stereocenters. The van der Waals surface area contributed by atoms with Gasteiger partial charge in [-0.15, -0.1) is 0 Å². The van der Waals surface area contributed by atoms with Crippen LogP contribution in [-0.2, 0) is 0 Å². The number of rotatable bonds is 9. The maximum Gasteiger partial charge on any atom is 0.178 e. The van der Waals surface area contributed by atoms with E-state index in [0.717, 1.165) is 64.6 Å². The third kappa shape index (κ3) is 5.50. The molecule has 0 saturated heterocycles. The van der Waals surface area contributed by atoms with Gasteiger partial charge in [0.15, 0.2) is 5.65 Å². The van der Waals surface area contributed by atoms with Crippen LogP contribution in [0.5, 0.6) is 5.75 Å². The lowest BCUT2D eigenvalue weighted by molar-refractivity contribution is 0.209. The minimum absolute atomic E-state index is 0.334. The van der Waals surface area contributed by atoms with Gasteiger partial charge in [-0.25, -0.2) is 9.97 Å². The fraction of sp³-hybridized carbons (Fsp3) is 0.481. The highest BCUT2D eigenvalue weighted by Crippen LogP contribution is 2.31. The number of hydrogen-bond acceptors (Lipinski definition) is 4. The van der Waals surface area contributed by atoms with Gasteiger partial charge >= 0.3 is 0 Å². The normalized spacial score (nSPS) is 14.8. The lowest BCUT2D eigenvalue weighted by atomic mass is 9.90. The van der Waals surface area contributed by atoms with Crippen molar-refractivity contribution in [1.82, 2.24) is 15.0 Å². The molecule has 0 bridgehead atoms. The number of allylic oxidation sites excluding steroid dienone is 1. The number of H-pyrrole nitrogens is 1. The number of nitrogens with zero attached hydrogens (tertiary/aromatic N) is 2. The second-order valence-electron chi connectivity index (χ2n) is 9.39. The summed E-state index contributed by atoms with van der Waals surface area (Å²) in [5.74, 6) is 2.36. The largest absolute Gasteiger partial charge is 0.493 e. The average molecular weight is 433 g/mol. The van der Waals surface area contributed by atoms with E-state index in [1.54, 1.807) is 0 Å². The first-order valence-electron chi connectivity index (χ1n) is 12.1. The minimum Gasteiger partial charge on any atom is -0.493 e. The smallest absolute Gasteiger partial charge is 0.178 e. The summed E-state index contributed by atoms with van der Waals surface area (Å²) in [6.07, 6.45) is 10.5. The van der Waals surface area contributed by atoms with E-state index < -0.39 is 0 Å². The van der Waals surface area contributed by atoms with Crippen LogP contribution in [0.1, 0.15) is 71.3 Å². The molecule has 0 aliphatic heterocycles. The third-order valence-corrected chi connectivity index (χ3v) is 6.14. The van der Waals surface area contributed by atoms with E-state index in [2.05, 4.69) is 66.9 Å². The molecule has 1 aliphatic carbocycles. The van der Waals surface area contributed by atoms with E-state index in [1.807, 2.05) is 6.20 Å². The van der Waals surface area contributed by atoms with Gasteiger partial charge < -0.3 is 15.0 Å². The number of ether oxygens (including phenoxy) is 1. The number of fused-ring (bicyclic) bond motifs is 1. The molecular formula is C27H36N4O. The fourth-order valence-corrected chi connectivity index (χ4v) is 4.48. The van der Waals surface area contributed by atoms with Crippen molar-refractivity contribution >= 4 is 22.4 Å². The molecule has 2 aromatic heterocycles. The van der Waals surface area contributed by atoms with Gasteiger partial charge in [0.2, 0.25) is 0 Å². The zero-order chi connectivity index (χ0) is 22.5. The number of imidazole rings is 1. The van der Waals surface area contributed by atoms with Crippen molar-refractivity contribution in [2.45, 2.75) is 71.8 Å². The predicted molar refractivity (Wildman–Crippen MR) is 134 cm³/mol.